The van der Waals surface area contributed by atoms with Crippen LogP contribution in [0.4, 0.5) is 4.39 Å². The lowest BCUT2D eigenvalue weighted by atomic mass is 9.65. The number of rotatable bonds is 4. The van der Waals surface area contributed by atoms with Crippen molar-refractivity contribution in [2.45, 2.75) is 39.7 Å². The molecule has 1 aromatic carbocycles. The van der Waals surface area contributed by atoms with Crippen LogP contribution < -0.4 is 5.32 Å². The summed E-state index contributed by atoms with van der Waals surface area (Å²) in [5.41, 5.74) is 1.96. The van der Waals surface area contributed by atoms with E-state index in [1.807, 2.05) is 7.05 Å². The minimum Gasteiger partial charge on any atom is -0.444 e. The Hall–Kier alpha value is -2.37. The van der Waals surface area contributed by atoms with Gasteiger partial charge in [0.15, 0.2) is 5.96 Å². The predicted octanol–water partition coefficient (Wildman–Crippen LogP) is 3.72. The number of oxazole rings is 1. The molecular weight excluding hydrogens is 331 g/mol. The van der Waals surface area contributed by atoms with Crippen molar-refractivity contribution in [1.29, 1.82) is 0 Å². The van der Waals surface area contributed by atoms with Crippen molar-refractivity contribution in [3.63, 3.8) is 0 Å². The zero-order valence-electron chi connectivity index (χ0n) is 16.1. The average molecular weight is 358 g/mol. The third-order valence-corrected chi connectivity index (χ3v) is 5.66. The molecule has 0 spiro atoms. The van der Waals surface area contributed by atoms with Crippen LogP contribution in [0.25, 0.3) is 11.5 Å². The molecule has 0 unspecified atom stereocenters. The largest absolute Gasteiger partial charge is 0.444 e. The molecule has 0 aliphatic carbocycles. The van der Waals surface area contributed by atoms with Crippen LogP contribution in [0.5, 0.6) is 0 Å². The number of nitrogens with one attached hydrogen (secondary N) is 1. The number of hydrogen-bond acceptors (Lipinski definition) is 3. The highest BCUT2D eigenvalue weighted by Crippen LogP contribution is 2.46. The molecule has 6 heteroatoms. The number of nitrogens with zero attached hydrogens (tertiary/aromatic N) is 3. The summed E-state index contributed by atoms with van der Waals surface area (Å²) in [6.45, 7) is 10.8. The molecular formula is C20H27FN4O. The van der Waals surface area contributed by atoms with Crippen molar-refractivity contribution < 1.29 is 8.81 Å². The fourth-order valence-electron chi connectivity index (χ4n) is 3.14. The van der Waals surface area contributed by atoms with E-state index < -0.39 is 0 Å². The number of halogens is 1. The first-order valence-electron chi connectivity index (χ1n) is 8.93. The normalized spacial score (nSPS) is 18.5. The molecule has 1 aliphatic rings. The molecule has 3 rings (SSSR count). The Kier molecular flexibility index (Phi) is 4.78. The molecule has 2 aromatic rings. The van der Waals surface area contributed by atoms with E-state index in [4.69, 9.17) is 4.42 Å². The van der Waals surface area contributed by atoms with Crippen LogP contribution in [-0.2, 0) is 6.42 Å². The second-order valence-electron chi connectivity index (χ2n) is 7.90. The molecule has 1 saturated heterocycles. The fourth-order valence-corrected chi connectivity index (χ4v) is 3.14. The summed E-state index contributed by atoms with van der Waals surface area (Å²) in [4.78, 5) is 11.2. The molecule has 1 N–H and O–H groups in total. The maximum absolute atomic E-state index is 13.0. The SMILES string of the molecule is CN=C(NCCc1coc(-c2ccc(F)cc2)n1)N1CC(C)(C)C1(C)C. The van der Waals surface area contributed by atoms with Crippen molar-refractivity contribution in [2.24, 2.45) is 10.4 Å². The maximum Gasteiger partial charge on any atom is 0.226 e. The molecule has 0 saturated carbocycles. The van der Waals surface area contributed by atoms with Gasteiger partial charge in [0.05, 0.1) is 5.69 Å². The van der Waals surface area contributed by atoms with E-state index in [1.54, 1.807) is 18.4 Å². The van der Waals surface area contributed by atoms with E-state index in [0.717, 1.165) is 36.7 Å². The van der Waals surface area contributed by atoms with Crippen molar-refractivity contribution in [2.75, 3.05) is 20.1 Å². The minimum atomic E-state index is -0.270. The second kappa shape index (κ2) is 6.74. The molecule has 1 aliphatic heterocycles. The monoisotopic (exact) mass is 358 g/mol. The molecule has 2 heterocycles. The summed E-state index contributed by atoms with van der Waals surface area (Å²) >= 11 is 0. The highest BCUT2D eigenvalue weighted by Gasteiger charge is 2.53. The average Bonchev–Trinajstić information content (AvgIpc) is 3.06. The Bertz CT molecular complexity index is 792. The summed E-state index contributed by atoms with van der Waals surface area (Å²) in [7, 11) is 1.81. The third kappa shape index (κ3) is 3.32. The van der Waals surface area contributed by atoms with Crippen molar-refractivity contribution in [1.82, 2.24) is 15.2 Å². The van der Waals surface area contributed by atoms with E-state index in [0.29, 0.717) is 5.89 Å². The lowest BCUT2D eigenvalue weighted by Crippen LogP contribution is -2.72. The van der Waals surface area contributed by atoms with Crippen LogP contribution in [0, 0.1) is 11.2 Å². The van der Waals surface area contributed by atoms with E-state index in [-0.39, 0.29) is 16.8 Å². The summed E-state index contributed by atoms with van der Waals surface area (Å²) in [5.74, 6) is 1.15. The molecule has 140 valence electrons. The van der Waals surface area contributed by atoms with Gasteiger partial charge in [0.2, 0.25) is 5.89 Å². The Morgan fingerprint density at radius 1 is 1.27 bits per heavy atom. The number of aromatic nitrogens is 1. The molecule has 0 atom stereocenters. The maximum atomic E-state index is 13.0. The zero-order valence-corrected chi connectivity index (χ0v) is 16.1. The van der Waals surface area contributed by atoms with Gasteiger partial charge in [-0.25, -0.2) is 9.37 Å². The first-order valence-corrected chi connectivity index (χ1v) is 8.93. The second-order valence-corrected chi connectivity index (χ2v) is 7.90. The summed E-state index contributed by atoms with van der Waals surface area (Å²) in [6.07, 6.45) is 2.38. The summed E-state index contributed by atoms with van der Waals surface area (Å²) < 4.78 is 18.5. The van der Waals surface area contributed by atoms with Crippen molar-refractivity contribution in [3.8, 4) is 11.5 Å². The standard InChI is InChI=1S/C20H27FN4O/c1-19(2)13-25(20(19,3)4)18(22-5)23-11-10-16-12-26-17(24-16)14-6-8-15(21)9-7-14/h6-9,12H,10-11,13H2,1-5H3,(H,22,23). The Labute approximate surface area is 154 Å². The topological polar surface area (TPSA) is 53.7 Å². The first-order chi connectivity index (χ1) is 12.2. The van der Waals surface area contributed by atoms with Crippen LogP contribution in [-0.4, -0.2) is 41.5 Å². The van der Waals surface area contributed by atoms with Crippen LogP contribution in [0.2, 0.25) is 0 Å². The summed E-state index contributed by atoms with van der Waals surface area (Å²) in [5, 5.41) is 3.41. The van der Waals surface area contributed by atoms with Crippen LogP contribution >= 0.6 is 0 Å². The summed E-state index contributed by atoms with van der Waals surface area (Å²) in [6, 6.07) is 6.14. The van der Waals surface area contributed by atoms with E-state index in [2.05, 4.69) is 47.9 Å². The van der Waals surface area contributed by atoms with E-state index >= 15 is 0 Å². The van der Waals surface area contributed by atoms with E-state index in [1.165, 1.54) is 12.1 Å². The van der Waals surface area contributed by atoms with E-state index in [9.17, 15) is 4.39 Å². The van der Waals surface area contributed by atoms with Gasteiger partial charge in [0.25, 0.3) is 0 Å². The third-order valence-electron chi connectivity index (χ3n) is 5.66. The van der Waals surface area contributed by atoms with Gasteiger partial charge in [-0.05, 0) is 38.1 Å². The predicted molar refractivity (Wildman–Crippen MR) is 102 cm³/mol. The number of benzene rings is 1. The first kappa shape index (κ1) is 18.4. The fraction of sp³-hybridized carbons (Fsp3) is 0.500. The Morgan fingerprint density at radius 3 is 2.54 bits per heavy atom. The van der Waals surface area contributed by atoms with Crippen LogP contribution in [0.15, 0.2) is 39.9 Å². The molecule has 1 aromatic heterocycles. The lowest BCUT2D eigenvalue weighted by Gasteiger charge is -2.62. The van der Waals surface area contributed by atoms with Gasteiger partial charge in [-0.1, -0.05) is 13.8 Å². The van der Waals surface area contributed by atoms with Gasteiger partial charge < -0.3 is 14.6 Å². The van der Waals surface area contributed by atoms with Gasteiger partial charge in [-0.15, -0.1) is 0 Å². The smallest absolute Gasteiger partial charge is 0.226 e. The lowest BCUT2D eigenvalue weighted by molar-refractivity contribution is -0.0666. The van der Waals surface area contributed by atoms with Gasteiger partial charge >= 0.3 is 0 Å². The molecule has 1 fully saturated rings. The van der Waals surface area contributed by atoms with Crippen LogP contribution in [0.1, 0.15) is 33.4 Å². The Balaban J connectivity index is 1.56. The minimum absolute atomic E-state index is 0.0679. The number of aliphatic imine (C=N–C) groups is 1. The highest BCUT2D eigenvalue weighted by molar-refractivity contribution is 5.82. The van der Waals surface area contributed by atoms with Gasteiger partial charge in [0, 0.05) is 43.1 Å². The molecule has 0 amide bonds. The van der Waals surface area contributed by atoms with Gasteiger partial charge in [-0.3, -0.25) is 4.99 Å². The highest BCUT2D eigenvalue weighted by atomic mass is 19.1. The molecule has 5 nitrogen and oxygen atoms in total. The van der Waals surface area contributed by atoms with Gasteiger partial charge in [-0.2, -0.15) is 0 Å². The zero-order chi connectivity index (χ0) is 18.9. The van der Waals surface area contributed by atoms with Gasteiger partial charge in [0.1, 0.15) is 12.1 Å². The number of hydrogen-bond donors (Lipinski definition) is 1. The molecule has 0 bridgehead atoms. The Morgan fingerprint density at radius 2 is 1.96 bits per heavy atom. The number of likely N-dealkylation sites (tertiary alicyclic amines) is 1. The van der Waals surface area contributed by atoms with Crippen molar-refractivity contribution in [3.05, 3.63) is 42.0 Å². The van der Waals surface area contributed by atoms with Crippen molar-refractivity contribution >= 4 is 5.96 Å². The quantitative estimate of drug-likeness (QED) is 0.669. The molecule has 26 heavy (non-hydrogen) atoms. The van der Waals surface area contributed by atoms with Crippen LogP contribution in [0.3, 0.4) is 0 Å². The number of guanidine groups is 1. The molecule has 0 radical (unpaired) electrons.